The quantitative estimate of drug-likeness (QED) is 0.756. The number of fused-ring (bicyclic) bond motifs is 1. The van der Waals surface area contributed by atoms with Crippen molar-refractivity contribution in [2.75, 3.05) is 0 Å². The van der Waals surface area contributed by atoms with E-state index in [4.69, 9.17) is 9.15 Å². The lowest BCUT2D eigenvalue weighted by Crippen LogP contribution is -2.23. The van der Waals surface area contributed by atoms with Crippen LogP contribution >= 0.6 is 15.9 Å². The summed E-state index contributed by atoms with van der Waals surface area (Å²) in [5, 5.41) is 0.764. The molecular formula is C12H12BrNO3. The number of nitrogens with zero attached hydrogens (tertiary/aromatic N) is 1. The summed E-state index contributed by atoms with van der Waals surface area (Å²) >= 11 is 3.21. The molecule has 0 N–H and O–H groups in total. The van der Waals surface area contributed by atoms with Gasteiger partial charge >= 0.3 is 5.97 Å². The van der Waals surface area contributed by atoms with E-state index >= 15 is 0 Å². The second kappa shape index (κ2) is 4.14. The minimum absolute atomic E-state index is 0.385. The lowest BCUT2D eigenvalue weighted by molar-refractivity contribution is 0.00693. The topological polar surface area (TPSA) is 52.3 Å². The molecule has 0 unspecified atom stereocenters. The van der Waals surface area contributed by atoms with Gasteiger partial charge in [-0.05, 0) is 42.8 Å². The zero-order valence-corrected chi connectivity index (χ0v) is 11.4. The van der Waals surface area contributed by atoms with Crippen LogP contribution in [0.1, 0.15) is 31.1 Å². The summed E-state index contributed by atoms with van der Waals surface area (Å²) in [4.78, 5) is 15.9. The zero-order valence-electron chi connectivity index (χ0n) is 9.78. The van der Waals surface area contributed by atoms with Gasteiger partial charge in [0.25, 0.3) is 0 Å². The Morgan fingerprint density at radius 2 is 2.12 bits per heavy atom. The molecule has 0 aromatic carbocycles. The molecule has 0 amide bonds. The molecule has 0 radical (unpaired) electrons. The smallest absolute Gasteiger partial charge is 0.340 e. The first-order valence-corrected chi connectivity index (χ1v) is 5.93. The molecule has 90 valence electrons. The van der Waals surface area contributed by atoms with Crippen molar-refractivity contribution in [1.29, 1.82) is 0 Å². The van der Waals surface area contributed by atoms with E-state index < -0.39 is 5.60 Å². The molecule has 0 aliphatic carbocycles. The molecule has 2 rings (SSSR count). The predicted molar refractivity (Wildman–Crippen MR) is 66.9 cm³/mol. The van der Waals surface area contributed by atoms with Gasteiger partial charge in [-0.25, -0.2) is 9.78 Å². The third-order valence-electron chi connectivity index (χ3n) is 1.98. The Kier molecular flexibility index (Phi) is 2.95. The second-order valence-corrected chi connectivity index (χ2v) is 5.45. The number of hydrogen-bond donors (Lipinski definition) is 0. The van der Waals surface area contributed by atoms with Crippen molar-refractivity contribution in [1.82, 2.24) is 4.98 Å². The lowest BCUT2D eigenvalue weighted by Gasteiger charge is -2.19. The highest BCUT2D eigenvalue weighted by molar-refractivity contribution is 9.10. The van der Waals surface area contributed by atoms with Gasteiger partial charge in [-0.3, -0.25) is 0 Å². The molecule has 2 aromatic heterocycles. The van der Waals surface area contributed by atoms with Gasteiger partial charge in [0, 0.05) is 17.6 Å². The Morgan fingerprint density at radius 3 is 2.76 bits per heavy atom. The summed E-state index contributed by atoms with van der Waals surface area (Å²) in [6, 6.07) is 3.46. The van der Waals surface area contributed by atoms with Crippen molar-refractivity contribution >= 4 is 33.0 Å². The summed E-state index contributed by atoms with van der Waals surface area (Å²) in [5.41, 5.74) is 0.396. The highest BCUT2D eigenvalue weighted by Crippen LogP contribution is 2.23. The fraction of sp³-hybridized carbons (Fsp3) is 0.333. The summed E-state index contributed by atoms with van der Waals surface area (Å²) in [5.74, 6) is -0.385. The van der Waals surface area contributed by atoms with Crippen molar-refractivity contribution in [2.45, 2.75) is 26.4 Å². The van der Waals surface area contributed by atoms with Crippen molar-refractivity contribution in [2.24, 2.45) is 0 Å². The molecule has 0 atom stereocenters. The SMILES string of the molecule is CC(C)(C)OC(=O)c1cnc2oc(Br)cc2c1. The Bertz CT molecular complexity index is 569. The molecule has 5 heteroatoms. The number of aromatic nitrogens is 1. The molecular weight excluding hydrogens is 286 g/mol. The number of carbonyl (C=O) groups excluding carboxylic acids is 1. The number of rotatable bonds is 1. The van der Waals surface area contributed by atoms with Gasteiger partial charge in [-0.1, -0.05) is 0 Å². The number of hydrogen-bond acceptors (Lipinski definition) is 4. The van der Waals surface area contributed by atoms with E-state index in [9.17, 15) is 4.79 Å². The maximum Gasteiger partial charge on any atom is 0.340 e. The van der Waals surface area contributed by atoms with E-state index in [0.717, 1.165) is 5.39 Å². The van der Waals surface area contributed by atoms with Crippen LogP contribution in [0.2, 0.25) is 0 Å². The molecule has 4 nitrogen and oxygen atoms in total. The van der Waals surface area contributed by atoms with Crippen molar-refractivity contribution in [3.05, 3.63) is 28.6 Å². The normalized spacial score (nSPS) is 11.8. The zero-order chi connectivity index (χ0) is 12.6. The third kappa shape index (κ3) is 2.85. The van der Waals surface area contributed by atoms with Crippen LogP contribution in [0.5, 0.6) is 0 Å². The fourth-order valence-electron chi connectivity index (χ4n) is 1.35. The van der Waals surface area contributed by atoms with Gasteiger partial charge < -0.3 is 9.15 Å². The number of halogens is 1. The summed E-state index contributed by atoms with van der Waals surface area (Å²) in [6.45, 7) is 5.47. The lowest BCUT2D eigenvalue weighted by atomic mass is 10.2. The molecule has 0 spiro atoms. The van der Waals surface area contributed by atoms with Crippen LogP contribution in [0.15, 0.2) is 27.4 Å². The van der Waals surface area contributed by atoms with E-state index in [0.29, 0.717) is 15.9 Å². The standard InChI is InChI=1S/C12H12BrNO3/c1-12(2,3)17-11(15)8-4-7-5-9(13)16-10(7)14-6-8/h4-6H,1-3H3. The third-order valence-corrected chi connectivity index (χ3v) is 2.37. The van der Waals surface area contributed by atoms with Gasteiger partial charge in [0.2, 0.25) is 5.71 Å². The number of carbonyl (C=O) groups is 1. The van der Waals surface area contributed by atoms with E-state index in [-0.39, 0.29) is 5.97 Å². The molecule has 17 heavy (non-hydrogen) atoms. The van der Waals surface area contributed by atoms with Crippen LogP contribution in [0.4, 0.5) is 0 Å². The van der Waals surface area contributed by atoms with E-state index in [1.807, 2.05) is 20.8 Å². The molecule has 0 saturated carbocycles. The van der Waals surface area contributed by atoms with Crippen LogP contribution < -0.4 is 0 Å². The molecule has 0 bridgehead atoms. The first-order valence-electron chi connectivity index (χ1n) is 5.13. The molecule has 2 heterocycles. The monoisotopic (exact) mass is 297 g/mol. The fourth-order valence-corrected chi connectivity index (χ4v) is 1.75. The number of pyridine rings is 1. The van der Waals surface area contributed by atoms with Crippen molar-refractivity contribution in [3.63, 3.8) is 0 Å². The van der Waals surface area contributed by atoms with Gasteiger partial charge in [-0.15, -0.1) is 0 Å². The molecule has 0 aliphatic heterocycles. The summed E-state index contributed by atoms with van der Waals surface area (Å²) < 4.78 is 11.1. The van der Waals surface area contributed by atoms with Gasteiger partial charge in [0.05, 0.1) is 5.56 Å². The van der Waals surface area contributed by atoms with Gasteiger partial charge in [0.1, 0.15) is 5.60 Å². The Hall–Kier alpha value is -1.36. The van der Waals surface area contributed by atoms with E-state index in [2.05, 4.69) is 20.9 Å². The first-order chi connectivity index (χ1) is 7.85. The minimum atomic E-state index is -0.511. The Morgan fingerprint density at radius 1 is 1.41 bits per heavy atom. The molecule has 2 aromatic rings. The average molecular weight is 298 g/mol. The molecule has 0 aliphatic rings. The van der Waals surface area contributed by atoms with E-state index in [1.165, 1.54) is 6.20 Å². The highest BCUT2D eigenvalue weighted by atomic mass is 79.9. The minimum Gasteiger partial charge on any atom is -0.456 e. The summed E-state index contributed by atoms with van der Waals surface area (Å²) in [6.07, 6.45) is 1.45. The van der Waals surface area contributed by atoms with Crippen molar-refractivity contribution < 1.29 is 13.9 Å². The van der Waals surface area contributed by atoms with Crippen LogP contribution in [0.25, 0.3) is 11.1 Å². The Labute approximate surface area is 107 Å². The average Bonchev–Trinajstić information content (AvgIpc) is 2.53. The van der Waals surface area contributed by atoms with Crippen LogP contribution in [0.3, 0.4) is 0 Å². The second-order valence-electron chi connectivity index (χ2n) is 4.67. The van der Waals surface area contributed by atoms with Crippen LogP contribution in [0, 0.1) is 0 Å². The largest absolute Gasteiger partial charge is 0.456 e. The Balaban J connectivity index is 2.33. The predicted octanol–water partition coefficient (Wildman–Crippen LogP) is 3.55. The maximum atomic E-state index is 11.8. The van der Waals surface area contributed by atoms with Gasteiger partial charge in [0.15, 0.2) is 4.67 Å². The summed E-state index contributed by atoms with van der Waals surface area (Å²) in [7, 11) is 0. The van der Waals surface area contributed by atoms with Crippen molar-refractivity contribution in [3.8, 4) is 0 Å². The van der Waals surface area contributed by atoms with E-state index in [1.54, 1.807) is 12.1 Å². The first kappa shape index (κ1) is 12.1. The highest BCUT2D eigenvalue weighted by Gasteiger charge is 2.18. The van der Waals surface area contributed by atoms with Gasteiger partial charge in [-0.2, -0.15) is 0 Å². The number of furan rings is 1. The van der Waals surface area contributed by atoms with Crippen LogP contribution in [-0.4, -0.2) is 16.6 Å². The van der Waals surface area contributed by atoms with Crippen LogP contribution in [-0.2, 0) is 4.74 Å². The maximum absolute atomic E-state index is 11.8. The number of esters is 1. The molecule has 0 fully saturated rings. The number of ether oxygens (including phenoxy) is 1. The molecule has 0 saturated heterocycles.